The van der Waals surface area contributed by atoms with Crippen LogP contribution < -0.4 is 5.32 Å². The van der Waals surface area contributed by atoms with E-state index in [0.717, 1.165) is 0 Å². The monoisotopic (exact) mass is 241 g/mol. The number of carbonyl (C=O) groups excluding carboxylic acids is 2. The number of rotatable bonds is 4. The number of aromatic nitrogens is 2. The fourth-order valence-corrected chi connectivity index (χ4v) is 0.994. The van der Waals surface area contributed by atoms with Gasteiger partial charge in [0, 0.05) is 0 Å². The molecule has 1 aromatic heterocycles. The van der Waals surface area contributed by atoms with Crippen molar-refractivity contribution >= 4 is 29.2 Å². The fourth-order valence-electron chi connectivity index (χ4n) is 0.854. The summed E-state index contributed by atoms with van der Waals surface area (Å²) in [6.45, 7) is 1.79. The first-order chi connectivity index (χ1) is 7.69. The maximum absolute atomic E-state index is 11.2. The number of ether oxygens (including phenoxy) is 1. The highest BCUT2D eigenvalue weighted by Gasteiger charge is 2.13. The van der Waals surface area contributed by atoms with E-state index < -0.39 is 5.97 Å². The predicted octanol–water partition coefficient (Wildman–Crippen LogP) is 0.820. The van der Waals surface area contributed by atoms with Gasteiger partial charge in [-0.3, -0.25) is 0 Å². The molecule has 0 aliphatic heterocycles. The van der Waals surface area contributed by atoms with Crippen LogP contribution in [0.1, 0.15) is 6.92 Å². The summed E-state index contributed by atoms with van der Waals surface area (Å²) in [6, 6.07) is 0. The van der Waals surface area contributed by atoms with Crippen LogP contribution in [0, 0.1) is 0 Å². The molecule has 1 heterocycles. The van der Waals surface area contributed by atoms with Gasteiger partial charge in [0.2, 0.25) is 5.70 Å². The highest BCUT2D eigenvalue weighted by Crippen LogP contribution is 2.19. The molecule has 1 N–H and O–H groups in total. The largest absolute Gasteiger partial charge is 0.461 e. The van der Waals surface area contributed by atoms with E-state index in [0.29, 0.717) is 0 Å². The van der Waals surface area contributed by atoms with E-state index in [-0.39, 0.29) is 23.0 Å². The van der Waals surface area contributed by atoms with Gasteiger partial charge < -0.3 is 10.1 Å². The van der Waals surface area contributed by atoms with Crippen molar-refractivity contribution in [3.05, 3.63) is 23.1 Å². The molecule has 16 heavy (non-hydrogen) atoms. The minimum absolute atomic E-state index is 0.161. The number of hydrogen-bond acceptors (Lipinski definition) is 6. The van der Waals surface area contributed by atoms with Gasteiger partial charge in [-0.2, -0.15) is 10.2 Å². The zero-order valence-electron chi connectivity index (χ0n) is 8.36. The molecule has 0 saturated carbocycles. The molecule has 0 saturated heterocycles. The van der Waals surface area contributed by atoms with Crippen molar-refractivity contribution in [1.82, 2.24) is 10.2 Å². The summed E-state index contributed by atoms with van der Waals surface area (Å²) in [5, 5.41) is 9.75. The van der Waals surface area contributed by atoms with Gasteiger partial charge in [-0.1, -0.05) is 11.6 Å². The van der Waals surface area contributed by atoms with Gasteiger partial charge in [0.25, 0.3) is 0 Å². The molecule has 0 aromatic carbocycles. The zero-order chi connectivity index (χ0) is 12.0. The maximum atomic E-state index is 11.2. The standard InChI is InChI=1S/C9H8ClN3O3/c1-2-16-9(15)8(5-14)13-7-4-12-11-3-6(7)10/h3-4H,2H2,1H3,(H,11,13). The SMILES string of the molecule is CCOC(=O)C(=C=O)Nc1cnncc1Cl. The molecule has 0 radical (unpaired) electrons. The van der Waals surface area contributed by atoms with Gasteiger partial charge in [0.1, 0.15) is 0 Å². The molecule has 0 spiro atoms. The Morgan fingerprint density at radius 3 is 2.81 bits per heavy atom. The number of nitrogens with zero attached hydrogens (tertiary/aromatic N) is 2. The normalized spacial score (nSPS) is 9.12. The predicted molar refractivity (Wildman–Crippen MR) is 56.5 cm³/mol. The van der Waals surface area contributed by atoms with Crippen LogP contribution in [-0.2, 0) is 14.3 Å². The van der Waals surface area contributed by atoms with E-state index in [9.17, 15) is 9.59 Å². The number of hydrogen-bond donors (Lipinski definition) is 1. The Kier molecular flexibility index (Phi) is 4.44. The molecule has 0 unspecified atom stereocenters. The molecular weight excluding hydrogens is 234 g/mol. The van der Waals surface area contributed by atoms with E-state index in [1.165, 1.54) is 18.3 Å². The minimum atomic E-state index is -0.801. The Balaban J connectivity index is 2.84. The second-order valence-corrected chi connectivity index (χ2v) is 2.98. The second-order valence-electron chi connectivity index (χ2n) is 2.57. The molecule has 0 atom stereocenters. The molecule has 0 bridgehead atoms. The van der Waals surface area contributed by atoms with Crippen LogP contribution >= 0.6 is 11.6 Å². The van der Waals surface area contributed by atoms with E-state index in [4.69, 9.17) is 11.6 Å². The van der Waals surface area contributed by atoms with Crippen LogP contribution in [0.2, 0.25) is 5.02 Å². The molecule has 0 aliphatic carbocycles. The molecule has 6 nitrogen and oxygen atoms in total. The summed E-state index contributed by atoms with van der Waals surface area (Å²) in [4.78, 5) is 21.8. The van der Waals surface area contributed by atoms with Crippen LogP contribution in [0.5, 0.6) is 0 Å². The number of nitrogens with one attached hydrogen (secondary N) is 1. The molecule has 0 amide bonds. The van der Waals surface area contributed by atoms with Crippen LogP contribution in [0.15, 0.2) is 18.1 Å². The van der Waals surface area contributed by atoms with Crippen LogP contribution in [0.25, 0.3) is 0 Å². The van der Waals surface area contributed by atoms with Gasteiger partial charge in [-0.15, -0.1) is 0 Å². The Labute approximate surface area is 96.3 Å². The minimum Gasteiger partial charge on any atom is -0.461 e. The summed E-state index contributed by atoms with van der Waals surface area (Å²) < 4.78 is 4.63. The number of anilines is 1. The number of halogens is 1. The Hall–Kier alpha value is -1.91. The smallest absolute Gasteiger partial charge is 0.366 e. The van der Waals surface area contributed by atoms with Crippen molar-refractivity contribution in [2.45, 2.75) is 6.92 Å². The molecule has 1 rings (SSSR count). The Bertz CT molecular complexity index is 443. The van der Waals surface area contributed by atoms with Crippen molar-refractivity contribution in [2.75, 3.05) is 11.9 Å². The van der Waals surface area contributed by atoms with E-state index in [1.54, 1.807) is 6.92 Å². The summed E-state index contributed by atoms with van der Waals surface area (Å²) in [6.07, 6.45) is 2.55. The third-order valence-electron chi connectivity index (χ3n) is 1.52. The van der Waals surface area contributed by atoms with E-state index in [1.807, 2.05) is 0 Å². The Morgan fingerprint density at radius 1 is 1.56 bits per heavy atom. The third kappa shape index (κ3) is 3.05. The lowest BCUT2D eigenvalue weighted by Crippen LogP contribution is -2.15. The maximum Gasteiger partial charge on any atom is 0.366 e. The van der Waals surface area contributed by atoms with E-state index >= 15 is 0 Å². The summed E-state index contributed by atoms with van der Waals surface area (Å²) in [5.41, 5.74) is -0.0835. The average Bonchev–Trinajstić information content (AvgIpc) is 2.28. The molecular formula is C9H8ClN3O3. The van der Waals surface area contributed by atoms with Gasteiger partial charge in [-0.05, 0) is 6.92 Å². The third-order valence-corrected chi connectivity index (χ3v) is 1.82. The topological polar surface area (TPSA) is 81.2 Å². The van der Waals surface area contributed by atoms with Crippen molar-refractivity contribution in [3.63, 3.8) is 0 Å². The summed E-state index contributed by atoms with van der Waals surface area (Å²) in [5.74, 6) is 0.636. The van der Waals surface area contributed by atoms with E-state index in [2.05, 4.69) is 20.3 Å². The highest BCUT2D eigenvalue weighted by atomic mass is 35.5. The first-order valence-electron chi connectivity index (χ1n) is 4.34. The Morgan fingerprint density at radius 2 is 2.25 bits per heavy atom. The lowest BCUT2D eigenvalue weighted by atomic mass is 10.4. The van der Waals surface area contributed by atoms with Crippen molar-refractivity contribution in [3.8, 4) is 0 Å². The lowest BCUT2D eigenvalue weighted by molar-refractivity contribution is -0.138. The summed E-state index contributed by atoms with van der Waals surface area (Å²) in [7, 11) is 0. The number of esters is 1. The number of carbonyl (C=O) groups is 1. The van der Waals surface area contributed by atoms with Crippen LogP contribution in [-0.4, -0.2) is 28.7 Å². The average molecular weight is 242 g/mol. The van der Waals surface area contributed by atoms with Crippen molar-refractivity contribution in [1.29, 1.82) is 0 Å². The molecule has 1 aromatic rings. The highest BCUT2D eigenvalue weighted by molar-refractivity contribution is 6.33. The zero-order valence-corrected chi connectivity index (χ0v) is 9.11. The van der Waals surface area contributed by atoms with Crippen LogP contribution in [0.4, 0.5) is 5.69 Å². The fraction of sp³-hybridized carbons (Fsp3) is 0.222. The van der Waals surface area contributed by atoms with Crippen molar-refractivity contribution in [2.24, 2.45) is 0 Å². The molecule has 0 fully saturated rings. The quantitative estimate of drug-likeness (QED) is 0.478. The molecule has 0 aliphatic rings. The molecule has 7 heteroatoms. The molecule has 84 valence electrons. The lowest BCUT2D eigenvalue weighted by Gasteiger charge is -2.06. The second kappa shape index (κ2) is 5.85. The first-order valence-corrected chi connectivity index (χ1v) is 4.72. The van der Waals surface area contributed by atoms with Gasteiger partial charge in [0.05, 0.1) is 29.7 Å². The van der Waals surface area contributed by atoms with Crippen molar-refractivity contribution < 1.29 is 14.3 Å². The van der Waals surface area contributed by atoms with Crippen LogP contribution in [0.3, 0.4) is 0 Å². The van der Waals surface area contributed by atoms with Gasteiger partial charge in [0.15, 0.2) is 5.94 Å². The van der Waals surface area contributed by atoms with Gasteiger partial charge >= 0.3 is 5.97 Å². The first kappa shape index (κ1) is 12.2. The van der Waals surface area contributed by atoms with Gasteiger partial charge in [-0.25, -0.2) is 9.59 Å². The summed E-state index contributed by atoms with van der Waals surface area (Å²) >= 11 is 5.75.